The fraction of sp³-hybridized carbons (Fsp3) is 0. The van der Waals surface area contributed by atoms with Crippen molar-refractivity contribution in [2.75, 3.05) is 0 Å². The maximum absolute atomic E-state index is 6.56. The van der Waals surface area contributed by atoms with Crippen molar-refractivity contribution in [3.05, 3.63) is 255 Å². The van der Waals surface area contributed by atoms with Crippen molar-refractivity contribution in [2.24, 2.45) is 0 Å². The Morgan fingerprint density at radius 2 is 0.353 bits per heavy atom. The molecule has 0 atom stereocenters. The van der Waals surface area contributed by atoms with Gasteiger partial charge in [-0.1, -0.05) is 170 Å². The molecule has 0 unspecified atom stereocenters. The smallest absolute Gasteiger partial charge is 0.131 e. The number of para-hydroxylation sites is 4. The van der Waals surface area contributed by atoms with E-state index in [1.54, 1.807) is 0 Å². The van der Waals surface area contributed by atoms with E-state index < -0.39 is 0 Å². The van der Waals surface area contributed by atoms with Gasteiger partial charge in [0.2, 0.25) is 0 Å². The van der Waals surface area contributed by atoms with Crippen LogP contribution in [0.15, 0.2) is 255 Å². The molecule has 4 nitrogen and oxygen atoms in total. The lowest BCUT2D eigenvalue weighted by atomic mass is 9.81. The lowest BCUT2D eigenvalue weighted by Gasteiger charge is -2.23. The Kier molecular flexibility index (Phi) is 10.5. The van der Waals surface area contributed by atoms with Crippen molar-refractivity contribution in [3.63, 3.8) is 0 Å². The summed E-state index contributed by atoms with van der Waals surface area (Å²) in [7, 11) is 0. The fourth-order valence-electron chi connectivity index (χ4n) is 9.58. The van der Waals surface area contributed by atoms with Gasteiger partial charge in [-0.15, -0.1) is 0 Å². The normalized spacial score (nSPS) is 11.2. The molecule has 0 aromatic heterocycles. The largest absolute Gasteiger partial charge is 0.457 e. The Balaban J connectivity index is 1.10. The molecule has 0 radical (unpaired) electrons. The van der Waals surface area contributed by atoms with Crippen molar-refractivity contribution < 1.29 is 18.9 Å². The number of fused-ring (bicyclic) bond motifs is 4. The molecule has 0 aliphatic carbocycles. The molecule has 68 heavy (non-hydrogen) atoms. The first-order valence-corrected chi connectivity index (χ1v) is 22.8. The molecule has 0 spiro atoms. The van der Waals surface area contributed by atoms with Gasteiger partial charge >= 0.3 is 0 Å². The maximum atomic E-state index is 6.56. The van der Waals surface area contributed by atoms with Crippen molar-refractivity contribution in [3.8, 4) is 79.4 Å². The van der Waals surface area contributed by atoms with E-state index in [4.69, 9.17) is 18.9 Å². The summed E-state index contributed by atoms with van der Waals surface area (Å²) in [5, 5.41) is 9.04. The second-order valence-corrected chi connectivity index (χ2v) is 16.7. The summed E-state index contributed by atoms with van der Waals surface area (Å²) in [6, 6.07) is 87.2. The first-order valence-electron chi connectivity index (χ1n) is 22.8. The van der Waals surface area contributed by atoms with E-state index in [0.29, 0.717) is 23.0 Å². The molecule has 322 valence electrons. The van der Waals surface area contributed by atoms with Gasteiger partial charge in [0.15, 0.2) is 0 Å². The fourth-order valence-corrected chi connectivity index (χ4v) is 9.58. The van der Waals surface area contributed by atoms with Crippen molar-refractivity contribution >= 4 is 43.1 Å². The molecule has 0 aliphatic heterocycles. The van der Waals surface area contributed by atoms with Gasteiger partial charge in [0, 0.05) is 12.1 Å². The minimum atomic E-state index is 0.681. The summed E-state index contributed by atoms with van der Waals surface area (Å²) in [5.41, 5.74) is 6.51. The van der Waals surface area contributed by atoms with Gasteiger partial charge in [0.05, 0.1) is 0 Å². The standard InChI is InChI=1S/C64H42O4/c1-5-21-45(22-6-1)65-49-37-43(38-50(41-49)66-46-23-7-2-8-24-46)61-53-29-13-17-33-57(53)63(58-34-18-14-30-54(58)61)64-59-35-19-15-31-55(59)62(56-32-16-20-36-60(56)64)44-39-51(67-47-25-9-3-10-26-47)42-52(40-44)68-48-27-11-4-12-28-48/h1-42H. The van der Waals surface area contributed by atoms with Gasteiger partial charge in [-0.25, -0.2) is 0 Å². The molecular formula is C64H42O4. The molecule has 12 rings (SSSR count). The second kappa shape index (κ2) is 17.7. The first kappa shape index (κ1) is 40.4. The Bertz CT molecular complexity index is 3290. The van der Waals surface area contributed by atoms with Gasteiger partial charge in [0.25, 0.3) is 0 Å². The molecular weight excluding hydrogens is 833 g/mol. The van der Waals surface area contributed by atoms with E-state index in [2.05, 4.69) is 121 Å². The predicted molar refractivity (Wildman–Crippen MR) is 279 cm³/mol. The number of hydrogen-bond donors (Lipinski definition) is 0. The second-order valence-electron chi connectivity index (χ2n) is 16.7. The van der Waals surface area contributed by atoms with E-state index in [1.165, 1.54) is 11.1 Å². The molecule has 12 aromatic rings. The Hall–Kier alpha value is -9.12. The van der Waals surface area contributed by atoms with Gasteiger partial charge < -0.3 is 18.9 Å². The van der Waals surface area contributed by atoms with Gasteiger partial charge in [-0.2, -0.15) is 0 Å². The third kappa shape index (κ3) is 7.80. The number of hydrogen-bond acceptors (Lipinski definition) is 4. The van der Waals surface area contributed by atoms with Crippen molar-refractivity contribution in [1.29, 1.82) is 0 Å². The highest BCUT2D eigenvalue weighted by molar-refractivity contribution is 6.30. The third-order valence-corrected chi connectivity index (χ3v) is 12.4. The number of benzene rings is 12. The lowest BCUT2D eigenvalue weighted by molar-refractivity contribution is 0.460. The van der Waals surface area contributed by atoms with Crippen LogP contribution in [0, 0.1) is 0 Å². The summed E-state index contributed by atoms with van der Waals surface area (Å²) in [5.74, 6) is 5.71. The SMILES string of the molecule is c1ccc(Oc2cc(Oc3ccccc3)cc(-c3c4ccccc4c(-c4c5ccccc5c(-c5cc(Oc6ccccc6)cc(Oc6ccccc6)c5)c5ccccc45)c4ccccc34)c2)cc1. The van der Waals surface area contributed by atoms with Crippen molar-refractivity contribution in [2.45, 2.75) is 0 Å². The summed E-state index contributed by atoms with van der Waals surface area (Å²) >= 11 is 0. The zero-order valence-electron chi connectivity index (χ0n) is 36.9. The average Bonchev–Trinajstić information content (AvgIpc) is 3.38. The summed E-state index contributed by atoms with van der Waals surface area (Å²) in [4.78, 5) is 0. The molecule has 0 bridgehead atoms. The van der Waals surface area contributed by atoms with Crippen LogP contribution in [-0.2, 0) is 0 Å². The molecule has 0 amide bonds. The molecule has 0 heterocycles. The quantitative estimate of drug-likeness (QED) is 0.121. The van der Waals surface area contributed by atoms with Crippen LogP contribution in [0.2, 0.25) is 0 Å². The Labute approximate surface area is 394 Å². The van der Waals surface area contributed by atoms with Gasteiger partial charge in [-0.05, 0) is 149 Å². The zero-order valence-corrected chi connectivity index (χ0v) is 36.9. The number of rotatable bonds is 11. The Morgan fingerprint density at radius 1 is 0.162 bits per heavy atom. The van der Waals surface area contributed by atoms with Crippen LogP contribution in [0.1, 0.15) is 0 Å². The highest BCUT2D eigenvalue weighted by atomic mass is 16.5. The van der Waals surface area contributed by atoms with Crippen LogP contribution in [0.5, 0.6) is 46.0 Å². The third-order valence-electron chi connectivity index (χ3n) is 12.4. The Morgan fingerprint density at radius 3 is 0.574 bits per heavy atom. The summed E-state index contributed by atoms with van der Waals surface area (Å²) in [6.45, 7) is 0. The topological polar surface area (TPSA) is 36.9 Å². The van der Waals surface area contributed by atoms with E-state index >= 15 is 0 Å². The van der Waals surface area contributed by atoms with Gasteiger partial charge in [0.1, 0.15) is 46.0 Å². The summed E-state index contributed by atoms with van der Waals surface area (Å²) < 4.78 is 26.2. The minimum Gasteiger partial charge on any atom is -0.457 e. The van der Waals surface area contributed by atoms with Crippen LogP contribution < -0.4 is 18.9 Å². The highest BCUT2D eigenvalue weighted by Gasteiger charge is 2.24. The minimum absolute atomic E-state index is 0.681. The van der Waals surface area contributed by atoms with Crippen LogP contribution in [-0.4, -0.2) is 0 Å². The van der Waals surface area contributed by atoms with Crippen LogP contribution in [0.4, 0.5) is 0 Å². The first-order chi connectivity index (χ1) is 33.7. The van der Waals surface area contributed by atoms with E-state index in [1.807, 2.05) is 133 Å². The van der Waals surface area contributed by atoms with Crippen molar-refractivity contribution in [1.82, 2.24) is 0 Å². The maximum Gasteiger partial charge on any atom is 0.131 e. The zero-order chi connectivity index (χ0) is 45.2. The molecule has 0 aliphatic rings. The molecule has 0 fully saturated rings. The lowest BCUT2D eigenvalue weighted by Crippen LogP contribution is -1.96. The molecule has 0 N–H and O–H groups in total. The molecule has 0 saturated heterocycles. The van der Waals surface area contributed by atoms with Crippen LogP contribution >= 0.6 is 0 Å². The molecule has 12 aromatic carbocycles. The van der Waals surface area contributed by atoms with E-state index in [0.717, 1.165) is 88.3 Å². The predicted octanol–water partition coefficient (Wildman–Crippen LogP) is 18.5. The van der Waals surface area contributed by atoms with E-state index in [9.17, 15) is 0 Å². The number of ether oxygens (including phenoxy) is 4. The molecule has 4 heteroatoms. The van der Waals surface area contributed by atoms with Gasteiger partial charge in [-0.3, -0.25) is 0 Å². The summed E-state index contributed by atoms with van der Waals surface area (Å²) in [6.07, 6.45) is 0. The molecule has 0 saturated carbocycles. The van der Waals surface area contributed by atoms with Crippen LogP contribution in [0.25, 0.3) is 76.5 Å². The monoisotopic (exact) mass is 874 g/mol. The van der Waals surface area contributed by atoms with E-state index in [-0.39, 0.29) is 0 Å². The average molecular weight is 875 g/mol. The highest BCUT2D eigenvalue weighted by Crippen LogP contribution is 2.51. The van der Waals surface area contributed by atoms with Crippen LogP contribution in [0.3, 0.4) is 0 Å².